The number of nitrogens with one attached hydrogen (secondary N) is 1. The van der Waals surface area contributed by atoms with Gasteiger partial charge >= 0.3 is 0 Å². The topological polar surface area (TPSA) is 32.3 Å². The number of benzene rings is 1. The molecule has 1 rings (SSSR count). The van der Waals surface area contributed by atoms with Gasteiger partial charge in [0, 0.05) is 18.2 Å². The smallest absolute Gasteiger partial charge is 0.144 e. The van der Waals surface area contributed by atoms with E-state index in [1.165, 1.54) is 12.1 Å². The van der Waals surface area contributed by atoms with Crippen LogP contribution in [0.2, 0.25) is 0 Å². The Balaban J connectivity index is 2.78. The van der Waals surface area contributed by atoms with Crippen LogP contribution in [-0.2, 0) is 6.54 Å². The molecule has 0 aromatic heterocycles. The molecule has 1 atom stereocenters. The van der Waals surface area contributed by atoms with Crippen molar-refractivity contribution in [1.82, 2.24) is 5.32 Å². The second-order valence-corrected chi connectivity index (χ2v) is 5.09. The highest BCUT2D eigenvalue weighted by molar-refractivity contribution is 9.10. The fraction of sp³-hybridized carbons (Fsp3) is 0.500. The van der Waals surface area contributed by atoms with Crippen molar-refractivity contribution in [3.8, 4) is 0 Å². The maximum absolute atomic E-state index is 13.6. The van der Waals surface area contributed by atoms with Crippen LogP contribution in [-0.4, -0.2) is 17.8 Å². The van der Waals surface area contributed by atoms with Gasteiger partial charge in [0.2, 0.25) is 0 Å². The molecule has 0 spiro atoms. The van der Waals surface area contributed by atoms with Crippen molar-refractivity contribution in [3.63, 3.8) is 0 Å². The third-order valence-electron chi connectivity index (χ3n) is 2.68. The number of rotatable bonds is 5. The Labute approximate surface area is 108 Å². The van der Waals surface area contributed by atoms with Gasteiger partial charge in [0.1, 0.15) is 11.6 Å². The van der Waals surface area contributed by atoms with Gasteiger partial charge in [-0.2, -0.15) is 0 Å². The quantitative estimate of drug-likeness (QED) is 0.820. The van der Waals surface area contributed by atoms with Crippen molar-refractivity contribution < 1.29 is 13.9 Å². The average Bonchev–Trinajstić information content (AvgIpc) is 2.28. The van der Waals surface area contributed by atoms with Gasteiger partial charge in [-0.05, 0) is 34.0 Å². The molecule has 0 radical (unpaired) electrons. The van der Waals surface area contributed by atoms with E-state index in [0.29, 0.717) is 0 Å². The van der Waals surface area contributed by atoms with Crippen molar-refractivity contribution in [2.45, 2.75) is 26.4 Å². The molecule has 0 bridgehead atoms. The lowest BCUT2D eigenvalue weighted by atomic mass is 10.0. The first-order valence-corrected chi connectivity index (χ1v) is 6.23. The summed E-state index contributed by atoms with van der Waals surface area (Å²) in [6.45, 7) is 3.86. The van der Waals surface area contributed by atoms with Crippen LogP contribution in [0.25, 0.3) is 0 Å². The predicted octanol–water partition coefficient (Wildman–Crippen LogP) is 2.83. The second-order valence-electron chi connectivity index (χ2n) is 4.24. The lowest BCUT2D eigenvalue weighted by molar-refractivity contribution is 0.209. The van der Waals surface area contributed by atoms with E-state index in [1.54, 1.807) is 0 Å². The zero-order chi connectivity index (χ0) is 13.0. The number of aliphatic hydroxyl groups is 1. The lowest BCUT2D eigenvalue weighted by Gasteiger charge is -2.20. The molecule has 0 heterocycles. The molecule has 0 saturated carbocycles. The van der Waals surface area contributed by atoms with E-state index in [-0.39, 0.29) is 35.1 Å². The minimum atomic E-state index is -0.599. The lowest BCUT2D eigenvalue weighted by Crippen LogP contribution is -2.37. The minimum Gasteiger partial charge on any atom is -0.395 e. The Morgan fingerprint density at radius 2 is 2.00 bits per heavy atom. The van der Waals surface area contributed by atoms with E-state index in [4.69, 9.17) is 5.11 Å². The normalized spacial score (nSPS) is 13.1. The Morgan fingerprint density at radius 1 is 1.35 bits per heavy atom. The van der Waals surface area contributed by atoms with Gasteiger partial charge in [0.05, 0.1) is 11.1 Å². The molecule has 0 aliphatic rings. The molecule has 2 N–H and O–H groups in total. The molecular weight excluding hydrogens is 292 g/mol. The van der Waals surface area contributed by atoms with E-state index in [1.807, 2.05) is 13.8 Å². The largest absolute Gasteiger partial charge is 0.395 e. The molecule has 5 heteroatoms. The molecule has 1 aromatic rings. The Morgan fingerprint density at radius 3 is 2.53 bits per heavy atom. The highest BCUT2D eigenvalue weighted by atomic mass is 79.9. The maximum Gasteiger partial charge on any atom is 0.144 e. The minimum absolute atomic E-state index is 0.0153. The van der Waals surface area contributed by atoms with E-state index in [2.05, 4.69) is 21.2 Å². The average molecular weight is 308 g/mol. The van der Waals surface area contributed by atoms with Gasteiger partial charge in [-0.25, -0.2) is 8.78 Å². The fourth-order valence-electron chi connectivity index (χ4n) is 1.48. The molecule has 1 aromatic carbocycles. The van der Waals surface area contributed by atoms with E-state index in [9.17, 15) is 8.78 Å². The Hall–Kier alpha value is -0.520. The summed E-state index contributed by atoms with van der Waals surface area (Å²) in [5.41, 5.74) is -0.0153. The van der Waals surface area contributed by atoms with Crippen molar-refractivity contribution in [1.29, 1.82) is 0 Å². The van der Waals surface area contributed by atoms with Crippen LogP contribution in [0, 0.1) is 17.6 Å². The first-order chi connectivity index (χ1) is 7.97. The number of halogens is 3. The Kier molecular flexibility index (Phi) is 5.49. The third kappa shape index (κ3) is 3.72. The van der Waals surface area contributed by atoms with Crippen molar-refractivity contribution >= 4 is 15.9 Å². The van der Waals surface area contributed by atoms with Gasteiger partial charge in [-0.1, -0.05) is 13.8 Å². The van der Waals surface area contributed by atoms with Gasteiger partial charge in [0.15, 0.2) is 0 Å². The first kappa shape index (κ1) is 14.5. The van der Waals surface area contributed by atoms with Crippen molar-refractivity contribution in [2.75, 3.05) is 6.61 Å². The van der Waals surface area contributed by atoms with Crippen LogP contribution in [0.3, 0.4) is 0 Å². The summed E-state index contributed by atoms with van der Waals surface area (Å²) in [6.07, 6.45) is 0. The van der Waals surface area contributed by atoms with Gasteiger partial charge in [0.25, 0.3) is 0 Å². The summed E-state index contributed by atoms with van der Waals surface area (Å²) in [7, 11) is 0. The SMILES string of the molecule is CC(C)C(CO)NCc1c(F)ccc(Br)c1F. The zero-order valence-corrected chi connectivity index (χ0v) is 11.4. The molecule has 0 aliphatic heterocycles. The van der Waals surface area contributed by atoms with Crippen LogP contribution in [0.15, 0.2) is 16.6 Å². The predicted molar refractivity (Wildman–Crippen MR) is 66.6 cm³/mol. The first-order valence-electron chi connectivity index (χ1n) is 5.44. The molecule has 1 unspecified atom stereocenters. The summed E-state index contributed by atoms with van der Waals surface area (Å²) in [4.78, 5) is 0. The summed E-state index contributed by atoms with van der Waals surface area (Å²) in [5, 5.41) is 12.1. The summed E-state index contributed by atoms with van der Waals surface area (Å²) < 4.78 is 27.3. The molecule has 17 heavy (non-hydrogen) atoms. The van der Waals surface area contributed by atoms with E-state index in [0.717, 1.165) is 0 Å². The number of aliphatic hydroxyl groups excluding tert-OH is 1. The monoisotopic (exact) mass is 307 g/mol. The second kappa shape index (κ2) is 6.42. The fourth-order valence-corrected chi connectivity index (χ4v) is 1.85. The summed E-state index contributed by atoms with van der Waals surface area (Å²) in [6, 6.07) is 2.38. The summed E-state index contributed by atoms with van der Waals surface area (Å²) in [5.74, 6) is -0.991. The Bertz CT molecular complexity index is 385. The van der Waals surface area contributed by atoms with Gasteiger partial charge in [-0.3, -0.25) is 0 Å². The van der Waals surface area contributed by atoms with Crippen LogP contribution < -0.4 is 5.32 Å². The van der Waals surface area contributed by atoms with Crippen LogP contribution in [0.1, 0.15) is 19.4 Å². The van der Waals surface area contributed by atoms with Crippen molar-refractivity contribution in [2.24, 2.45) is 5.92 Å². The third-order valence-corrected chi connectivity index (χ3v) is 3.29. The molecule has 0 saturated heterocycles. The van der Waals surface area contributed by atoms with Crippen LogP contribution >= 0.6 is 15.9 Å². The molecule has 0 amide bonds. The summed E-state index contributed by atoms with van der Waals surface area (Å²) >= 11 is 3.01. The van der Waals surface area contributed by atoms with E-state index >= 15 is 0 Å². The van der Waals surface area contributed by atoms with Crippen LogP contribution in [0.5, 0.6) is 0 Å². The standard InChI is InChI=1S/C12H16BrF2NO/c1-7(2)11(6-17)16-5-8-10(14)4-3-9(13)12(8)15/h3-4,7,11,16-17H,5-6H2,1-2H3. The number of hydrogen-bond donors (Lipinski definition) is 2. The highest BCUT2D eigenvalue weighted by Gasteiger charge is 2.16. The van der Waals surface area contributed by atoms with Gasteiger partial charge in [-0.15, -0.1) is 0 Å². The van der Waals surface area contributed by atoms with Crippen molar-refractivity contribution in [3.05, 3.63) is 33.8 Å². The van der Waals surface area contributed by atoms with Gasteiger partial charge < -0.3 is 10.4 Å². The molecule has 0 fully saturated rings. The maximum atomic E-state index is 13.6. The number of hydrogen-bond acceptors (Lipinski definition) is 2. The zero-order valence-electron chi connectivity index (χ0n) is 9.80. The van der Waals surface area contributed by atoms with Crippen LogP contribution in [0.4, 0.5) is 8.78 Å². The molecule has 0 aliphatic carbocycles. The highest BCUT2D eigenvalue weighted by Crippen LogP contribution is 2.21. The molecule has 2 nitrogen and oxygen atoms in total. The van der Waals surface area contributed by atoms with E-state index < -0.39 is 11.6 Å². The molecule has 96 valence electrons. The molecular formula is C12H16BrF2NO.